The molecule has 0 aliphatic rings. The van der Waals surface area contributed by atoms with Crippen LogP contribution in [0.2, 0.25) is 0 Å². The molecule has 0 aliphatic carbocycles. The van der Waals surface area contributed by atoms with Gasteiger partial charge in [0.05, 0.1) is 0 Å². The molecule has 1 heteroatoms. The summed E-state index contributed by atoms with van der Waals surface area (Å²) in [7, 11) is 0. The summed E-state index contributed by atoms with van der Waals surface area (Å²) in [6, 6.07) is 15.2. The SMILES string of the molecule is [CH2]CCCCOCCCCc1cccc2ccccc12. The maximum atomic E-state index is 5.63. The van der Waals surface area contributed by atoms with Crippen molar-refractivity contribution in [2.75, 3.05) is 13.2 Å². The zero-order valence-electron chi connectivity index (χ0n) is 12.3. The second-order valence-corrected chi connectivity index (χ2v) is 5.27. The molecular formula is C19H25O. The van der Waals surface area contributed by atoms with Crippen LogP contribution in [-0.4, -0.2) is 13.2 Å². The van der Waals surface area contributed by atoms with Crippen LogP contribution in [0.4, 0.5) is 0 Å². The summed E-state index contributed by atoms with van der Waals surface area (Å²) in [5.74, 6) is 0. The average molecular weight is 269 g/mol. The highest BCUT2D eigenvalue weighted by Gasteiger charge is 2.00. The lowest BCUT2D eigenvalue weighted by atomic mass is 10.0. The number of rotatable bonds is 9. The lowest BCUT2D eigenvalue weighted by Gasteiger charge is -2.07. The van der Waals surface area contributed by atoms with Gasteiger partial charge in [0.2, 0.25) is 0 Å². The van der Waals surface area contributed by atoms with E-state index in [0.717, 1.165) is 38.9 Å². The molecule has 2 rings (SSSR count). The van der Waals surface area contributed by atoms with Gasteiger partial charge in [0.1, 0.15) is 0 Å². The van der Waals surface area contributed by atoms with Gasteiger partial charge in [0.25, 0.3) is 0 Å². The van der Waals surface area contributed by atoms with Crippen LogP contribution in [0.3, 0.4) is 0 Å². The average Bonchev–Trinajstić information content (AvgIpc) is 2.50. The summed E-state index contributed by atoms with van der Waals surface area (Å²) >= 11 is 0. The van der Waals surface area contributed by atoms with Gasteiger partial charge in [-0.05, 0) is 42.0 Å². The van der Waals surface area contributed by atoms with E-state index in [0.29, 0.717) is 0 Å². The van der Waals surface area contributed by atoms with E-state index < -0.39 is 0 Å². The van der Waals surface area contributed by atoms with Gasteiger partial charge in [0, 0.05) is 13.2 Å². The highest BCUT2D eigenvalue weighted by atomic mass is 16.5. The third-order valence-corrected chi connectivity index (χ3v) is 3.65. The predicted octanol–water partition coefficient (Wildman–Crippen LogP) is 5.18. The lowest BCUT2D eigenvalue weighted by molar-refractivity contribution is 0.127. The van der Waals surface area contributed by atoms with Crippen LogP contribution in [0.25, 0.3) is 10.8 Å². The molecule has 2 aromatic rings. The molecule has 0 saturated heterocycles. The molecule has 2 aromatic carbocycles. The van der Waals surface area contributed by atoms with E-state index in [1.165, 1.54) is 29.2 Å². The van der Waals surface area contributed by atoms with Gasteiger partial charge in [-0.25, -0.2) is 0 Å². The minimum Gasteiger partial charge on any atom is -0.381 e. The Balaban J connectivity index is 1.71. The van der Waals surface area contributed by atoms with Crippen molar-refractivity contribution < 1.29 is 4.74 Å². The molecule has 0 fully saturated rings. The van der Waals surface area contributed by atoms with Crippen molar-refractivity contribution in [2.45, 2.75) is 38.5 Å². The molecule has 0 aliphatic heterocycles. The first-order valence-corrected chi connectivity index (χ1v) is 7.75. The monoisotopic (exact) mass is 269 g/mol. The normalized spacial score (nSPS) is 11.1. The highest BCUT2D eigenvalue weighted by Crippen LogP contribution is 2.20. The van der Waals surface area contributed by atoms with Crippen molar-refractivity contribution in [3.05, 3.63) is 55.0 Å². The van der Waals surface area contributed by atoms with Crippen LogP contribution in [0.1, 0.15) is 37.7 Å². The van der Waals surface area contributed by atoms with E-state index in [1.54, 1.807) is 0 Å². The van der Waals surface area contributed by atoms with Crippen LogP contribution >= 0.6 is 0 Å². The largest absolute Gasteiger partial charge is 0.381 e. The molecule has 0 saturated carbocycles. The van der Waals surface area contributed by atoms with Gasteiger partial charge >= 0.3 is 0 Å². The maximum absolute atomic E-state index is 5.63. The Labute approximate surface area is 123 Å². The second kappa shape index (κ2) is 8.76. The summed E-state index contributed by atoms with van der Waals surface area (Å²) in [5, 5.41) is 2.74. The summed E-state index contributed by atoms with van der Waals surface area (Å²) in [6.07, 6.45) is 6.83. The van der Waals surface area contributed by atoms with Crippen LogP contribution < -0.4 is 0 Å². The quantitative estimate of drug-likeness (QED) is 0.570. The number of benzene rings is 2. The number of ether oxygens (including phenoxy) is 1. The zero-order chi connectivity index (χ0) is 14.0. The summed E-state index contributed by atoms with van der Waals surface area (Å²) in [5.41, 5.74) is 1.46. The fourth-order valence-corrected chi connectivity index (χ4v) is 2.51. The first kappa shape index (κ1) is 15.1. The van der Waals surface area contributed by atoms with Crippen molar-refractivity contribution in [3.8, 4) is 0 Å². The van der Waals surface area contributed by atoms with Crippen molar-refractivity contribution in [1.82, 2.24) is 0 Å². The number of hydrogen-bond acceptors (Lipinski definition) is 1. The predicted molar refractivity (Wildman–Crippen MR) is 86.9 cm³/mol. The van der Waals surface area contributed by atoms with Gasteiger partial charge in [-0.2, -0.15) is 0 Å². The molecule has 1 radical (unpaired) electrons. The van der Waals surface area contributed by atoms with Crippen LogP contribution in [-0.2, 0) is 11.2 Å². The number of aryl methyl sites for hydroxylation is 1. The van der Waals surface area contributed by atoms with Gasteiger partial charge in [-0.15, -0.1) is 0 Å². The summed E-state index contributed by atoms with van der Waals surface area (Å²) in [6.45, 7) is 5.62. The Hall–Kier alpha value is -1.34. The van der Waals surface area contributed by atoms with E-state index in [4.69, 9.17) is 4.74 Å². The minimum absolute atomic E-state index is 0.891. The van der Waals surface area contributed by atoms with E-state index in [1.807, 2.05) is 0 Å². The standard InChI is InChI=1S/C19H25O/c1-2-3-7-15-20-16-8-6-11-18-13-9-12-17-10-4-5-14-19(17)18/h4-5,9-10,12-14H,1-3,6-8,11,15-16H2. The first-order chi connectivity index (χ1) is 9.92. The van der Waals surface area contributed by atoms with Gasteiger partial charge in [-0.1, -0.05) is 62.2 Å². The first-order valence-electron chi connectivity index (χ1n) is 7.75. The van der Waals surface area contributed by atoms with Gasteiger partial charge in [-0.3, -0.25) is 0 Å². The lowest BCUT2D eigenvalue weighted by Crippen LogP contribution is -1.98. The molecule has 0 heterocycles. The van der Waals surface area contributed by atoms with Crippen LogP contribution in [0.15, 0.2) is 42.5 Å². The molecule has 0 aromatic heterocycles. The molecule has 0 spiro atoms. The molecule has 20 heavy (non-hydrogen) atoms. The van der Waals surface area contributed by atoms with E-state index in [2.05, 4.69) is 49.4 Å². The summed E-state index contributed by atoms with van der Waals surface area (Å²) in [4.78, 5) is 0. The Morgan fingerprint density at radius 1 is 0.800 bits per heavy atom. The minimum atomic E-state index is 0.891. The maximum Gasteiger partial charge on any atom is 0.0466 e. The zero-order valence-corrected chi connectivity index (χ0v) is 12.3. The Morgan fingerprint density at radius 2 is 1.55 bits per heavy atom. The van der Waals surface area contributed by atoms with Crippen molar-refractivity contribution >= 4 is 10.8 Å². The fraction of sp³-hybridized carbons (Fsp3) is 0.421. The van der Waals surface area contributed by atoms with E-state index in [-0.39, 0.29) is 0 Å². The van der Waals surface area contributed by atoms with Crippen molar-refractivity contribution in [1.29, 1.82) is 0 Å². The molecule has 0 unspecified atom stereocenters. The van der Waals surface area contributed by atoms with Gasteiger partial charge < -0.3 is 4.74 Å². The third-order valence-electron chi connectivity index (χ3n) is 3.65. The van der Waals surface area contributed by atoms with Crippen molar-refractivity contribution in [3.63, 3.8) is 0 Å². The molecule has 0 bridgehead atoms. The molecule has 0 atom stereocenters. The number of fused-ring (bicyclic) bond motifs is 1. The van der Waals surface area contributed by atoms with Crippen LogP contribution in [0, 0.1) is 6.92 Å². The highest BCUT2D eigenvalue weighted by molar-refractivity contribution is 5.85. The Morgan fingerprint density at radius 3 is 2.40 bits per heavy atom. The molecule has 1 nitrogen and oxygen atoms in total. The Bertz CT molecular complexity index is 499. The molecule has 0 amide bonds. The molecule has 107 valence electrons. The fourth-order valence-electron chi connectivity index (χ4n) is 2.51. The number of hydrogen-bond donors (Lipinski definition) is 0. The number of unbranched alkanes of at least 4 members (excludes halogenated alkanes) is 3. The van der Waals surface area contributed by atoms with E-state index in [9.17, 15) is 0 Å². The smallest absolute Gasteiger partial charge is 0.0466 e. The summed E-state index contributed by atoms with van der Waals surface area (Å²) < 4.78 is 5.63. The van der Waals surface area contributed by atoms with Gasteiger partial charge in [0.15, 0.2) is 0 Å². The Kier molecular flexibility index (Phi) is 6.59. The van der Waals surface area contributed by atoms with E-state index >= 15 is 0 Å². The topological polar surface area (TPSA) is 9.23 Å². The second-order valence-electron chi connectivity index (χ2n) is 5.27. The molecular weight excluding hydrogens is 244 g/mol. The third kappa shape index (κ3) is 4.64. The van der Waals surface area contributed by atoms with Crippen LogP contribution in [0.5, 0.6) is 0 Å². The molecule has 0 N–H and O–H groups in total. The van der Waals surface area contributed by atoms with Crippen molar-refractivity contribution in [2.24, 2.45) is 0 Å².